The van der Waals surface area contributed by atoms with E-state index >= 15 is 0 Å². The molecular formula is C16H20N4OS2. The summed E-state index contributed by atoms with van der Waals surface area (Å²) in [5.41, 5.74) is 1.06. The van der Waals surface area contributed by atoms with Gasteiger partial charge in [-0.2, -0.15) is 11.3 Å². The topological polar surface area (TPSA) is 58.1 Å². The molecule has 4 rings (SSSR count). The summed E-state index contributed by atoms with van der Waals surface area (Å²) in [7, 11) is 0. The van der Waals surface area contributed by atoms with Gasteiger partial charge in [0.15, 0.2) is 0 Å². The SMILES string of the molecule is CC1CN(C(=O)Nc2nnc(-c3ccsc3)s2)C2CCCCC12. The fourth-order valence-corrected chi connectivity index (χ4v) is 5.39. The van der Waals surface area contributed by atoms with Crippen LogP contribution in [0.4, 0.5) is 9.93 Å². The van der Waals surface area contributed by atoms with E-state index in [-0.39, 0.29) is 6.03 Å². The highest BCUT2D eigenvalue weighted by atomic mass is 32.1. The van der Waals surface area contributed by atoms with Crippen LogP contribution in [0.25, 0.3) is 10.6 Å². The molecule has 0 spiro atoms. The van der Waals surface area contributed by atoms with E-state index in [1.54, 1.807) is 11.3 Å². The highest BCUT2D eigenvalue weighted by Gasteiger charge is 2.42. The zero-order chi connectivity index (χ0) is 15.8. The largest absolute Gasteiger partial charge is 0.323 e. The Bertz CT molecular complexity index is 684. The summed E-state index contributed by atoms with van der Waals surface area (Å²) in [6.07, 6.45) is 4.94. The minimum Gasteiger partial charge on any atom is -0.321 e. The summed E-state index contributed by atoms with van der Waals surface area (Å²) in [6.45, 7) is 3.13. The number of likely N-dealkylation sites (tertiary alicyclic amines) is 1. The van der Waals surface area contributed by atoms with Gasteiger partial charge in [0.05, 0.1) is 0 Å². The number of aromatic nitrogens is 2. The van der Waals surface area contributed by atoms with Crippen molar-refractivity contribution in [3.63, 3.8) is 0 Å². The Hall–Kier alpha value is -1.47. The van der Waals surface area contributed by atoms with E-state index in [9.17, 15) is 4.79 Å². The minimum absolute atomic E-state index is 0.0146. The van der Waals surface area contributed by atoms with Crippen LogP contribution in [0.3, 0.4) is 0 Å². The quantitative estimate of drug-likeness (QED) is 0.880. The molecule has 2 aromatic heterocycles. The molecule has 2 aromatic rings. The maximum absolute atomic E-state index is 12.7. The monoisotopic (exact) mass is 348 g/mol. The molecule has 2 amide bonds. The second-order valence-electron chi connectivity index (χ2n) is 6.50. The van der Waals surface area contributed by atoms with E-state index in [4.69, 9.17) is 0 Å². The molecule has 5 nitrogen and oxygen atoms in total. The Morgan fingerprint density at radius 2 is 2.22 bits per heavy atom. The van der Waals surface area contributed by atoms with Gasteiger partial charge in [-0.3, -0.25) is 5.32 Å². The van der Waals surface area contributed by atoms with Gasteiger partial charge in [-0.15, -0.1) is 10.2 Å². The summed E-state index contributed by atoms with van der Waals surface area (Å²) in [4.78, 5) is 14.7. The van der Waals surface area contributed by atoms with E-state index in [1.807, 2.05) is 21.7 Å². The number of amides is 2. The Labute approximate surface area is 143 Å². The zero-order valence-corrected chi connectivity index (χ0v) is 14.7. The van der Waals surface area contributed by atoms with Crippen LogP contribution in [-0.4, -0.2) is 33.7 Å². The number of rotatable bonds is 2. The van der Waals surface area contributed by atoms with Gasteiger partial charge in [-0.05, 0) is 36.1 Å². The third kappa shape index (κ3) is 2.87. The molecule has 3 heterocycles. The highest BCUT2D eigenvalue weighted by Crippen LogP contribution is 2.40. The predicted molar refractivity (Wildman–Crippen MR) is 93.9 cm³/mol. The molecule has 1 N–H and O–H groups in total. The minimum atomic E-state index is -0.0146. The molecule has 1 saturated heterocycles. The van der Waals surface area contributed by atoms with Gasteiger partial charge in [0.2, 0.25) is 5.13 Å². The molecule has 3 atom stereocenters. The lowest BCUT2D eigenvalue weighted by Crippen LogP contribution is -2.41. The lowest BCUT2D eigenvalue weighted by atomic mass is 9.80. The van der Waals surface area contributed by atoms with E-state index in [0.29, 0.717) is 23.0 Å². The fourth-order valence-electron chi connectivity index (χ4n) is 3.95. The third-order valence-electron chi connectivity index (χ3n) is 5.07. The first-order valence-corrected chi connectivity index (χ1v) is 9.92. The Kier molecular flexibility index (Phi) is 4.07. The number of carbonyl (C=O) groups is 1. The van der Waals surface area contributed by atoms with Gasteiger partial charge in [0.1, 0.15) is 5.01 Å². The molecule has 2 fully saturated rings. The third-order valence-corrected chi connectivity index (χ3v) is 6.64. The molecule has 23 heavy (non-hydrogen) atoms. The summed E-state index contributed by atoms with van der Waals surface area (Å²) in [5.74, 6) is 1.27. The first-order valence-electron chi connectivity index (χ1n) is 8.16. The number of thiophene rings is 1. The number of fused-ring (bicyclic) bond motifs is 1. The first-order chi connectivity index (χ1) is 11.2. The van der Waals surface area contributed by atoms with Crippen LogP contribution >= 0.6 is 22.7 Å². The van der Waals surface area contributed by atoms with Crippen molar-refractivity contribution in [2.24, 2.45) is 11.8 Å². The van der Waals surface area contributed by atoms with Crippen molar-refractivity contribution >= 4 is 33.8 Å². The van der Waals surface area contributed by atoms with E-state index in [1.165, 1.54) is 30.6 Å². The van der Waals surface area contributed by atoms with Crippen LogP contribution in [0.15, 0.2) is 16.8 Å². The van der Waals surface area contributed by atoms with E-state index < -0.39 is 0 Å². The number of hydrogen-bond donors (Lipinski definition) is 1. The molecule has 1 aliphatic carbocycles. The van der Waals surface area contributed by atoms with Crippen LogP contribution in [0.1, 0.15) is 32.6 Å². The predicted octanol–water partition coefficient (Wildman–Crippen LogP) is 4.31. The number of carbonyl (C=O) groups excluding carboxylic acids is 1. The van der Waals surface area contributed by atoms with Gasteiger partial charge >= 0.3 is 6.03 Å². The van der Waals surface area contributed by atoms with Crippen LogP contribution in [0.2, 0.25) is 0 Å². The summed E-state index contributed by atoms with van der Waals surface area (Å²) < 4.78 is 0. The second kappa shape index (κ2) is 6.20. The highest BCUT2D eigenvalue weighted by molar-refractivity contribution is 7.19. The molecule has 7 heteroatoms. The van der Waals surface area contributed by atoms with Crippen LogP contribution in [0, 0.1) is 11.8 Å². The van der Waals surface area contributed by atoms with Crippen LogP contribution in [-0.2, 0) is 0 Å². The number of nitrogens with zero attached hydrogens (tertiary/aromatic N) is 3. The summed E-state index contributed by atoms with van der Waals surface area (Å²) in [5, 5.41) is 16.8. The number of urea groups is 1. The second-order valence-corrected chi connectivity index (χ2v) is 8.26. The van der Waals surface area contributed by atoms with Crippen molar-refractivity contribution in [3.8, 4) is 10.6 Å². The number of nitrogens with one attached hydrogen (secondary N) is 1. The smallest absolute Gasteiger partial charge is 0.321 e. The molecule has 1 saturated carbocycles. The Morgan fingerprint density at radius 3 is 3.04 bits per heavy atom. The van der Waals surface area contributed by atoms with Crippen LogP contribution < -0.4 is 5.32 Å². The molecule has 0 aromatic carbocycles. The Morgan fingerprint density at radius 1 is 1.35 bits per heavy atom. The van der Waals surface area contributed by atoms with Crippen LogP contribution in [0.5, 0.6) is 0 Å². The molecule has 0 bridgehead atoms. The maximum atomic E-state index is 12.7. The molecule has 122 valence electrons. The summed E-state index contributed by atoms with van der Waals surface area (Å²) in [6, 6.07) is 2.41. The van der Waals surface area contributed by atoms with Gasteiger partial charge in [-0.1, -0.05) is 31.1 Å². The average Bonchev–Trinajstić information content (AvgIpc) is 3.27. The fraction of sp³-hybridized carbons (Fsp3) is 0.562. The Balaban J connectivity index is 1.46. The molecule has 0 radical (unpaired) electrons. The lowest BCUT2D eigenvalue weighted by molar-refractivity contribution is 0.180. The van der Waals surface area contributed by atoms with Gasteiger partial charge in [-0.25, -0.2) is 4.79 Å². The standard InChI is InChI=1S/C16H20N4OS2/c1-10-8-20(13-5-3-2-4-12(10)13)16(21)17-15-19-18-14(23-15)11-6-7-22-9-11/h6-7,9-10,12-13H,2-5,8H2,1H3,(H,17,19,21). The van der Waals surface area contributed by atoms with Crippen molar-refractivity contribution in [1.82, 2.24) is 15.1 Å². The van der Waals surface area contributed by atoms with Gasteiger partial charge < -0.3 is 4.90 Å². The van der Waals surface area contributed by atoms with E-state index in [2.05, 4.69) is 22.4 Å². The lowest BCUT2D eigenvalue weighted by Gasteiger charge is -2.31. The normalized spacial score (nSPS) is 27.0. The van der Waals surface area contributed by atoms with Crippen molar-refractivity contribution in [2.45, 2.75) is 38.6 Å². The van der Waals surface area contributed by atoms with Crippen molar-refractivity contribution < 1.29 is 4.79 Å². The molecule has 3 unspecified atom stereocenters. The van der Waals surface area contributed by atoms with Crippen molar-refractivity contribution in [3.05, 3.63) is 16.8 Å². The summed E-state index contributed by atoms with van der Waals surface area (Å²) >= 11 is 3.07. The maximum Gasteiger partial charge on any atom is 0.323 e. The molecule has 2 aliphatic rings. The van der Waals surface area contributed by atoms with E-state index in [0.717, 1.165) is 23.5 Å². The zero-order valence-electron chi connectivity index (χ0n) is 13.1. The van der Waals surface area contributed by atoms with Gasteiger partial charge in [0.25, 0.3) is 0 Å². The van der Waals surface area contributed by atoms with Crippen molar-refractivity contribution in [1.29, 1.82) is 0 Å². The molecular weight excluding hydrogens is 328 g/mol. The van der Waals surface area contributed by atoms with Crippen molar-refractivity contribution in [2.75, 3.05) is 11.9 Å². The number of anilines is 1. The molecule has 1 aliphatic heterocycles. The van der Waals surface area contributed by atoms with Gasteiger partial charge in [0, 0.05) is 23.5 Å². The number of hydrogen-bond acceptors (Lipinski definition) is 5. The average molecular weight is 348 g/mol. The first kappa shape index (κ1) is 15.1.